The minimum Gasteiger partial charge on any atom is -0.451 e. The SMILES string of the molecule is CC1(C)C(=O)NC(=O)CN1C(=O)c1cc2ccccc2o1. The summed E-state index contributed by atoms with van der Waals surface area (Å²) < 4.78 is 5.51. The zero-order valence-electron chi connectivity index (χ0n) is 11.7. The Bertz CT molecular complexity index is 727. The van der Waals surface area contributed by atoms with Crippen LogP contribution < -0.4 is 5.32 Å². The fourth-order valence-corrected chi connectivity index (χ4v) is 2.33. The topological polar surface area (TPSA) is 79.6 Å². The first-order valence-corrected chi connectivity index (χ1v) is 6.54. The molecule has 1 fully saturated rings. The summed E-state index contributed by atoms with van der Waals surface area (Å²) in [5, 5.41) is 3.03. The summed E-state index contributed by atoms with van der Waals surface area (Å²) in [5.74, 6) is -1.35. The van der Waals surface area contributed by atoms with Gasteiger partial charge in [0.1, 0.15) is 17.7 Å². The summed E-state index contributed by atoms with van der Waals surface area (Å²) in [5.41, 5.74) is -0.518. The molecule has 3 rings (SSSR count). The van der Waals surface area contributed by atoms with E-state index in [-0.39, 0.29) is 12.3 Å². The van der Waals surface area contributed by atoms with Crippen LogP contribution in [-0.4, -0.2) is 34.7 Å². The number of benzene rings is 1. The second-order valence-electron chi connectivity index (χ2n) is 5.48. The van der Waals surface area contributed by atoms with Crippen molar-refractivity contribution >= 4 is 28.7 Å². The van der Waals surface area contributed by atoms with Gasteiger partial charge in [0.2, 0.25) is 5.91 Å². The number of imide groups is 1. The van der Waals surface area contributed by atoms with Crippen molar-refractivity contribution in [2.75, 3.05) is 6.54 Å². The number of furan rings is 1. The van der Waals surface area contributed by atoms with Gasteiger partial charge >= 0.3 is 0 Å². The van der Waals surface area contributed by atoms with Gasteiger partial charge in [-0.3, -0.25) is 19.7 Å². The number of rotatable bonds is 1. The van der Waals surface area contributed by atoms with Gasteiger partial charge in [0.15, 0.2) is 5.76 Å². The van der Waals surface area contributed by atoms with Crippen molar-refractivity contribution in [3.05, 3.63) is 36.1 Å². The molecule has 3 amide bonds. The Balaban J connectivity index is 2.00. The van der Waals surface area contributed by atoms with Gasteiger partial charge in [0.25, 0.3) is 11.8 Å². The number of fused-ring (bicyclic) bond motifs is 1. The van der Waals surface area contributed by atoms with E-state index in [1.807, 2.05) is 18.2 Å². The molecule has 6 heteroatoms. The highest BCUT2D eigenvalue weighted by Crippen LogP contribution is 2.25. The largest absolute Gasteiger partial charge is 0.451 e. The van der Waals surface area contributed by atoms with Crippen LogP contribution in [0.2, 0.25) is 0 Å². The molecule has 1 N–H and O–H groups in total. The van der Waals surface area contributed by atoms with Crippen molar-refractivity contribution in [3.8, 4) is 0 Å². The first-order valence-electron chi connectivity index (χ1n) is 6.54. The van der Waals surface area contributed by atoms with E-state index < -0.39 is 23.3 Å². The number of nitrogens with one attached hydrogen (secondary N) is 1. The average molecular weight is 286 g/mol. The zero-order valence-corrected chi connectivity index (χ0v) is 11.7. The van der Waals surface area contributed by atoms with Crippen molar-refractivity contribution < 1.29 is 18.8 Å². The van der Waals surface area contributed by atoms with E-state index in [2.05, 4.69) is 5.32 Å². The Morgan fingerprint density at radius 2 is 2.00 bits per heavy atom. The quantitative estimate of drug-likeness (QED) is 0.802. The van der Waals surface area contributed by atoms with E-state index in [9.17, 15) is 14.4 Å². The maximum absolute atomic E-state index is 12.6. The number of carbonyl (C=O) groups is 3. The molecule has 1 aromatic carbocycles. The van der Waals surface area contributed by atoms with Crippen molar-refractivity contribution in [2.45, 2.75) is 19.4 Å². The smallest absolute Gasteiger partial charge is 0.290 e. The first-order chi connectivity index (χ1) is 9.89. The van der Waals surface area contributed by atoms with E-state index >= 15 is 0 Å². The summed E-state index contributed by atoms with van der Waals surface area (Å²) >= 11 is 0. The molecule has 0 saturated carbocycles. The van der Waals surface area contributed by atoms with Crippen molar-refractivity contribution in [2.24, 2.45) is 0 Å². The molecule has 1 aliphatic heterocycles. The van der Waals surface area contributed by atoms with Gasteiger partial charge in [-0.05, 0) is 26.0 Å². The average Bonchev–Trinajstić information content (AvgIpc) is 2.86. The molecule has 0 unspecified atom stereocenters. The normalized spacial score (nSPS) is 17.9. The number of hydrogen-bond acceptors (Lipinski definition) is 4. The Morgan fingerprint density at radius 1 is 1.29 bits per heavy atom. The Morgan fingerprint density at radius 3 is 2.71 bits per heavy atom. The molecule has 6 nitrogen and oxygen atoms in total. The third-order valence-corrected chi connectivity index (χ3v) is 3.67. The predicted molar refractivity (Wildman–Crippen MR) is 74.5 cm³/mol. The first kappa shape index (κ1) is 13.4. The van der Waals surface area contributed by atoms with Gasteiger partial charge in [-0.25, -0.2) is 0 Å². The van der Waals surface area contributed by atoms with Gasteiger partial charge in [0, 0.05) is 5.39 Å². The minimum atomic E-state index is -1.11. The summed E-state index contributed by atoms with van der Waals surface area (Å²) in [4.78, 5) is 37.2. The molecule has 0 radical (unpaired) electrons. The molecule has 1 aliphatic rings. The van der Waals surface area contributed by atoms with Crippen molar-refractivity contribution in [3.63, 3.8) is 0 Å². The van der Waals surface area contributed by atoms with E-state index in [4.69, 9.17) is 4.42 Å². The summed E-state index contributed by atoms with van der Waals surface area (Å²) in [6.07, 6.45) is 0. The maximum Gasteiger partial charge on any atom is 0.290 e. The van der Waals surface area contributed by atoms with Crippen LogP contribution in [0.15, 0.2) is 34.7 Å². The van der Waals surface area contributed by atoms with Gasteiger partial charge in [-0.2, -0.15) is 0 Å². The van der Waals surface area contributed by atoms with Crippen molar-refractivity contribution in [1.82, 2.24) is 10.2 Å². The third kappa shape index (κ3) is 2.08. The Labute approximate surface area is 120 Å². The predicted octanol–water partition coefficient (Wildman–Crippen LogP) is 1.31. The molecule has 2 aromatic rings. The summed E-state index contributed by atoms with van der Waals surface area (Å²) in [6.45, 7) is 3.01. The van der Waals surface area contributed by atoms with Crippen LogP contribution in [0.5, 0.6) is 0 Å². The second-order valence-corrected chi connectivity index (χ2v) is 5.48. The van der Waals surface area contributed by atoms with Crippen LogP contribution in [0.3, 0.4) is 0 Å². The van der Waals surface area contributed by atoms with Gasteiger partial charge in [-0.1, -0.05) is 18.2 Å². The van der Waals surface area contributed by atoms with Crippen LogP contribution >= 0.6 is 0 Å². The van der Waals surface area contributed by atoms with Gasteiger partial charge < -0.3 is 9.32 Å². The lowest BCUT2D eigenvalue weighted by Gasteiger charge is -2.39. The molecule has 21 heavy (non-hydrogen) atoms. The molecule has 2 heterocycles. The van der Waals surface area contributed by atoms with Crippen LogP contribution in [0.4, 0.5) is 0 Å². The molecule has 0 spiro atoms. The Hall–Kier alpha value is -2.63. The number of carbonyl (C=O) groups excluding carboxylic acids is 3. The van der Waals surface area contributed by atoms with Crippen LogP contribution in [0.1, 0.15) is 24.4 Å². The zero-order chi connectivity index (χ0) is 15.2. The lowest BCUT2D eigenvalue weighted by molar-refractivity contribution is -0.143. The lowest BCUT2D eigenvalue weighted by atomic mass is 9.98. The number of hydrogen-bond donors (Lipinski definition) is 1. The number of para-hydroxylation sites is 1. The fourth-order valence-electron chi connectivity index (χ4n) is 2.33. The van der Waals surface area contributed by atoms with E-state index in [1.54, 1.807) is 26.0 Å². The highest BCUT2D eigenvalue weighted by Gasteiger charge is 2.44. The number of piperazine rings is 1. The van der Waals surface area contributed by atoms with Crippen LogP contribution in [0, 0.1) is 0 Å². The molecule has 1 saturated heterocycles. The molecule has 0 bridgehead atoms. The fraction of sp³-hybridized carbons (Fsp3) is 0.267. The molecule has 108 valence electrons. The molecule has 1 aromatic heterocycles. The van der Waals surface area contributed by atoms with E-state index in [0.29, 0.717) is 5.58 Å². The highest BCUT2D eigenvalue weighted by atomic mass is 16.3. The van der Waals surface area contributed by atoms with E-state index in [1.165, 1.54) is 4.90 Å². The van der Waals surface area contributed by atoms with Crippen molar-refractivity contribution in [1.29, 1.82) is 0 Å². The molecular formula is C15H14N2O4. The highest BCUT2D eigenvalue weighted by molar-refractivity contribution is 6.08. The second kappa shape index (κ2) is 4.44. The monoisotopic (exact) mass is 286 g/mol. The van der Waals surface area contributed by atoms with Gasteiger partial charge in [0.05, 0.1) is 0 Å². The lowest BCUT2D eigenvalue weighted by Crippen LogP contribution is -2.65. The summed E-state index contributed by atoms with van der Waals surface area (Å²) in [6, 6.07) is 8.85. The minimum absolute atomic E-state index is 0.117. The number of nitrogens with zero attached hydrogens (tertiary/aromatic N) is 1. The maximum atomic E-state index is 12.6. The third-order valence-electron chi connectivity index (χ3n) is 3.67. The Kier molecular flexibility index (Phi) is 2.83. The molecular weight excluding hydrogens is 272 g/mol. The molecule has 0 atom stereocenters. The van der Waals surface area contributed by atoms with Crippen LogP contribution in [-0.2, 0) is 9.59 Å². The number of amides is 3. The van der Waals surface area contributed by atoms with Crippen LogP contribution in [0.25, 0.3) is 11.0 Å². The summed E-state index contributed by atoms with van der Waals surface area (Å²) in [7, 11) is 0. The molecule has 0 aliphatic carbocycles. The van der Waals surface area contributed by atoms with Gasteiger partial charge in [-0.15, -0.1) is 0 Å². The standard InChI is InChI=1S/C15H14N2O4/c1-15(2)14(20)16-12(18)8-17(15)13(19)11-7-9-5-3-4-6-10(9)21-11/h3-7H,8H2,1-2H3,(H,16,18,20). The van der Waals surface area contributed by atoms with E-state index in [0.717, 1.165) is 5.39 Å².